The third-order valence-corrected chi connectivity index (χ3v) is 4.17. The maximum absolute atomic E-state index is 12.0. The second-order valence-electron chi connectivity index (χ2n) is 5.99. The standard InChI is InChI=1S/C20H17N5O2/c1-13(26)19-20(22-15-11-14-5-3-4-6-18(14)21-12-15)25(24-23-19)16-7-9-17(27-2)10-8-16/h3-12,22H,1-2H3. The van der Waals surface area contributed by atoms with Crippen LogP contribution in [-0.2, 0) is 0 Å². The molecule has 1 N–H and O–H groups in total. The van der Waals surface area contributed by atoms with E-state index in [1.165, 1.54) is 6.92 Å². The minimum absolute atomic E-state index is 0.175. The maximum Gasteiger partial charge on any atom is 0.183 e. The van der Waals surface area contributed by atoms with E-state index >= 15 is 0 Å². The average Bonchev–Trinajstić information content (AvgIpc) is 3.11. The Bertz CT molecular complexity index is 1120. The van der Waals surface area contributed by atoms with Crippen LogP contribution in [0.25, 0.3) is 16.6 Å². The van der Waals surface area contributed by atoms with Gasteiger partial charge in [-0.1, -0.05) is 23.4 Å². The van der Waals surface area contributed by atoms with Gasteiger partial charge in [0.2, 0.25) is 0 Å². The normalized spacial score (nSPS) is 10.7. The first kappa shape index (κ1) is 16.7. The molecular formula is C20H17N5O2. The van der Waals surface area contributed by atoms with Crippen molar-refractivity contribution in [2.24, 2.45) is 0 Å². The number of nitrogens with one attached hydrogen (secondary N) is 1. The van der Waals surface area contributed by atoms with E-state index < -0.39 is 0 Å². The summed E-state index contributed by atoms with van der Waals surface area (Å²) in [7, 11) is 1.61. The van der Waals surface area contributed by atoms with Crippen LogP contribution in [0, 0.1) is 0 Å². The van der Waals surface area contributed by atoms with Crippen LogP contribution in [0.1, 0.15) is 17.4 Å². The Morgan fingerprint density at radius 1 is 1.11 bits per heavy atom. The molecule has 0 aliphatic rings. The first-order chi connectivity index (χ1) is 13.2. The molecule has 0 saturated carbocycles. The van der Waals surface area contributed by atoms with Gasteiger partial charge < -0.3 is 10.1 Å². The number of ether oxygens (including phenoxy) is 1. The summed E-state index contributed by atoms with van der Waals surface area (Å²) in [6, 6.07) is 17.1. The van der Waals surface area contributed by atoms with Gasteiger partial charge in [0.15, 0.2) is 17.3 Å². The fraction of sp³-hybridized carbons (Fsp3) is 0.100. The number of carbonyl (C=O) groups excluding carboxylic acids is 1. The lowest BCUT2D eigenvalue weighted by Crippen LogP contribution is -2.06. The summed E-state index contributed by atoms with van der Waals surface area (Å²) in [5.41, 5.74) is 2.66. The zero-order valence-electron chi connectivity index (χ0n) is 14.9. The third-order valence-electron chi connectivity index (χ3n) is 4.17. The van der Waals surface area contributed by atoms with Gasteiger partial charge in [0.1, 0.15) is 5.75 Å². The summed E-state index contributed by atoms with van der Waals surface area (Å²) >= 11 is 0. The molecule has 27 heavy (non-hydrogen) atoms. The summed E-state index contributed by atoms with van der Waals surface area (Å²) in [6.07, 6.45) is 1.72. The first-order valence-electron chi connectivity index (χ1n) is 8.38. The molecule has 2 aromatic heterocycles. The first-order valence-corrected chi connectivity index (χ1v) is 8.38. The van der Waals surface area contributed by atoms with Gasteiger partial charge in [-0.3, -0.25) is 9.78 Å². The highest BCUT2D eigenvalue weighted by Crippen LogP contribution is 2.25. The quantitative estimate of drug-likeness (QED) is 0.546. The molecule has 0 fully saturated rings. The van der Waals surface area contributed by atoms with Crippen molar-refractivity contribution < 1.29 is 9.53 Å². The zero-order valence-corrected chi connectivity index (χ0v) is 14.9. The molecule has 0 amide bonds. The number of Topliss-reactive ketones (excluding diaryl/α,β-unsaturated/α-hetero) is 1. The van der Waals surface area contributed by atoms with Gasteiger partial charge in [-0.15, -0.1) is 5.10 Å². The molecule has 7 nitrogen and oxygen atoms in total. The van der Waals surface area contributed by atoms with Crippen LogP contribution in [0.3, 0.4) is 0 Å². The number of carbonyl (C=O) groups is 1. The summed E-state index contributed by atoms with van der Waals surface area (Å²) in [4.78, 5) is 16.5. The summed E-state index contributed by atoms with van der Waals surface area (Å²) in [6.45, 7) is 1.46. The Kier molecular flexibility index (Phi) is 4.25. The molecule has 4 rings (SSSR count). The number of fused-ring (bicyclic) bond motifs is 1. The minimum Gasteiger partial charge on any atom is -0.497 e. The number of hydrogen-bond acceptors (Lipinski definition) is 6. The van der Waals surface area contributed by atoms with Crippen LogP contribution in [-0.4, -0.2) is 32.9 Å². The fourth-order valence-corrected chi connectivity index (χ4v) is 2.81. The Balaban J connectivity index is 1.77. The lowest BCUT2D eigenvalue weighted by atomic mass is 10.2. The van der Waals surface area contributed by atoms with E-state index in [2.05, 4.69) is 20.6 Å². The second kappa shape index (κ2) is 6.87. The van der Waals surface area contributed by atoms with Gasteiger partial charge in [-0.2, -0.15) is 4.68 Å². The number of pyridine rings is 1. The molecule has 4 aromatic rings. The van der Waals surface area contributed by atoms with E-state index in [1.807, 2.05) is 54.6 Å². The van der Waals surface area contributed by atoms with E-state index in [0.717, 1.165) is 28.0 Å². The van der Waals surface area contributed by atoms with Gasteiger partial charge in [0, 0.05) is 12.3 Å². The third kappa shape index (κ3) is 3.22. The van der Waals surface area contributed by atoms with E-state index in [1.54, 1.807) is 18.0 Å². The van der Waals surface area contributed by atoms with Crippen molar-refractivity contribution >= 4 is 28.2 Å². The number of para-hydroxylation sites is 1. The van der Waals surface area contributed by atoms with Gasteiger partial charge in [-0.25, -0.2) is 0 Å². The van der Waals surface area contributed by atoms with Crippen molar-refractivity contribution in [3.63, 3.8) is 0 Å². The lowest BCUT2D eigenvalue weighted by molar-refractivity contribution is 0.101. The molecular weight excluding hydrogens is 342 g/mol. The van der Waals surface area contributed by atoms with E-state index in [9.17, 15) is 4.79 Å². The number of hydrogen-bond donors (Lipinski definition) is 1. The maximum atomic E-state index is 12.0. The van der Waals surface area contributed by atoms with Crippen LogP contribution in [0.4, 0.5) is 11.5 Å². The minimum atomic E-state index is -0.175. The van der Waals surface area contributed by atoms with Crippen LogP contribution in [0.5, 0.6) is 5.75 Å². The Morgan fingerprint density at radius 2 is 1.89 bits per heavy atom. The van der Waals surface area contributed by atoms with Crippen molar-refractivity contribution in [3.8, 4) is 11.4 Å². The number of aromatic nitrogens is 4. The molecule has 134 valence electrons. The number of ketones is 1. The number of anilines is 2. The fourth-order valence-electron chi connectivity index (χ4n) is 2.81. The highest BCUT2D eigenvalue weighted by Gasteiger charge is 2.18. The zero-order chi connectivity index (χ0) is 18.8. The van der Waals surface area contributed by atoms with Crippen molar-refractivity contribution in [3.05, 3.63) is 66.5 Å². The lowest BCUT2D eigenvalue weighted by Gasteiger charge is -2.11. The van der Waals surface area contributed by atoms with Gasteiger partial charge in [0.05, 0.1) is 30.2 Å². The molecule has 2 heterocycles. The largest absolute Gasteiger partial charge is 0.497 e. The molecule has 0 atom stereocenters. The van der Waals surface area contributed by atoms with Crippen LogP contribution in [0.2, 0.25) is 0 Å². The highest BCUT2D eigenvalue weighted by atomic mass is 16.5. The molecule has 0 aliphatic carbocycles. The molecule has 0 saturated heterocycles. The summed E-state index contributed by atoms with van der Waals surface area (Å²) in [5.74, 6) is 1.05. The monoisotopic (exact) mass is 359 g/mol. The highest BCUT2D eigenvalue weighted by molar-refractivity contribution is 5.97. The smallest absolute Gasteiger partial charge is 0.183 e. The molecule has 0 spiro atoms. The topological polar surface area (TPSA) is 81.9 Å². The number of benzene rings is 2. The molecule has 0 bridgehead atoms. The Labute approximate surface area is 155 Å². The second-order valence-corrected chi connectivity index (χ2v) is 5.99. The summed E-state index contributed by atoms with van der Waals surface area (Å²) in [5, 5.41) is 12.4. The number of nitrogens with zero attached hydrogens (tertiary/aromatic N) is 4. The van der Waals surface area contributed by atoms with Crippen LogP contribution < -0.4 is 10.1 Å². The van der Waals surface area contributed by atoms with Crippen molar-refractivity contribution in [2.75, 3.05) is 12.4 Å². The van der Waals surface area contributed by atoms with Crippen molar-refractivity contribution in [1.82, 2.24) is 20.0 Å². The van der Waals surface area contributed by atoms with Crippen molar-refractivity contribution in [1.29, 1.82) is 0 Å². The van der Waals surface area contributed by atoms with Gasteiger partial charge in [0.25, 0.3) is 0 Å². The molecule has 2 aromatic carbocycles. The molecule has 0 aliphatic heterocycles. The average molecular weight is 359 g/mol. The van der Waals surface area contributed by atoms with E-state index in [-0.39, 0.29) is 11.5 Å². The molecule has 0 radical (unpaired) electrons. The van der Waals surface area contributed by atoms with Gasteiger partial charge in [-0.05, 0) is 36.4 Å². The van der Waals surface area contributed by atoms with E-state index in [0.29, 0.717) is 5.82 Å². The number of methoxy groups -OCH3 is 1. The Morgan fingerprint density at radius 3 is 2.63 bits per heavy atom. The van der Waals surface area contributed by atoms with Crippen LogP contribution in [0.15, 0.2) is 60.8 Å². The number of rotatable bonds is 5. The van der Waals surface area contributed by atoms with Crippen molar-refractivity contribution in [2.45, 2.75) is 6.92 Å². The predicted molar refractivity (Wildman–Crippen MR) is 103 cm³/mol. The molecule has 0 unspecified atom stereocenters. The SMILES string of the molecule is COc1ccc(-n2nnc(C(C)=O)c2Nc2cnc3ccccc3c2)cc1. The molecule has 7 heteroatoms. The van der Waals surface area contributed by atoms with Crippen LogP contribution >= 0.6 is 0 Å². The predicted octanol–water partition coefficient (Wildman–Crippen LogP) is 3.77. The summed E-state index contributed by atoms with van der Waals surface area (Å²) < 4.78 is 6.78. The van der Waals surface area contributed by atoms with E-state index in [4.69, 9.17) is 4.74 Å². The Hall–Kier alpha value is -3.74. The van der Waals surface area contributed by atoms with Gasteiger partial charge >= 0.3 is 0 Å².